The summed E-state index contributed by atoms with van der Waals surface area (Å²) < 4.78 is 22.8. The predicted molar refractivity (Wildman–Crippen MR) is 145 cm³/mol. The van der Waals surface area contributed by atoms with Crippen LogP contribution in [0.1, 0.15) is 52.7 Å². The van der Waals surface area contributed by atoms with E-state index in [1.165, 1.54) is 22.5 Å². The number of hydrogen-bond acceptors (Lipinski definition) is 6. The van der Waals surface area contributed by atoms with Crippen molar-refractivity contribution in [3.8, 4) is 11.5 Å². The van der Waals surface area contributed by atoms with Crippen LogP contribution in [0.3, 0.4) is 0 Å². The molecule has 6 unspecified atom stereocenters. The molecule has 5 rings (SSSR count). The number of anilines is 2. The summed E-state index contributed by atoms with van der Waals surface area (Å²) in [5.74, 6) is 1.97. The van der Waals surface area contributed by atoms with Gasteiger partial charge in [0.05, 0.1) is 13.2 Å². The second-order valence-corrected chi connectivity index (χ2v) is 10.6. The van der Waals surface area contributed by atoms with Gasteiger partial charge in [-0.25, -0.2) is 0 Å². The van der Waals surface area contributed by atoms with E-state index in [2.05, 4.69) is 87.7 Å². The van der Waals surface area contributed by atoms with Crippen LogP contribution >= 0.6 is 0 Å². The molecule has 2 aromatic rings. The van der Waals surface area contributed by atoms with Crippen LogP contribution in [0, 0.1) is 0 Å². The Morgan fingerprint density at radius 1 is 0.667 bits per heavy atom. The molecule has 36 heavy (non-hydrogen) atoms. The minimum atomic E-state index is 0.269. The first-order chi connectivity index (χ1) is 17.4. The summed E-state index contributed by atoms with van der Waals surface area (Å²) in [7, 11) is 0. The lowest BCUT2D eigenvalue weighted by Crippen LogP contribution is -2.66. The SMILES string of the molecule is CCc1cc(N2C(C)C(C)N(c3ccc(OCC4CO4)c(CC)c3)C(C)C2C)ccc1OCC1CO1. The van der Waals surface area contributed by atoms with Gasteiger partial charge in [0.15, 0.2) is 0 Å². The Hall–Kier alpha value is -2.44. The average molecular weight is 495 g/mol. The maximum atomic E-state index is 6.06. The Kier molecular flexibility index (Phi) is 7.36. The van der Waals surface area contributed by atoms with Gasteiger partial charge in [0.25, 0.3) is 0 Å². The van der Waals surface area contributed by atoms with Crippen molar-refractivity contribution in [1.29, 1.82) is 0 Å². The zero-order valence-corrected chi connectivity index (χ0v) is 22.7. The summed E-state index contributed by atoms with van der Waals surface area (Å²) in [6.07, 6.45) is 2.43. The molecule has 3 fully saturated rings. The van der Waals surface area contributed by atoms with Gasteiger partial charge in [-0.2, -0.15) is 0 Å². The molecule has 3 aliphatic heterocycles. The molecule has 6 heteroatoms. The minimum absolute atomic E-state index is 0.269. The normalized spacial score (nSPS) is 29.3. The molecule has 0 radical (unpaired) electrons. The summed E-state index contributed by atoms with van der Waals surface area (Å²) in [5.41, 5.74) is 5.08. The van der Waals surface area contributed by atoms with Crippen molar-refractivity contribution in [2.24, 2.45) is 0 Å². The fourth-order valence-corrected chi connectivity index (χ4v) is 5.59. The van der Waals surface area contributed by atoms with Crippen LogP contribution in [0.5, 0.6) is 11.5 Å². The van der Waals surface area contributed by atoms with Gasteiger partial charge in [-0.1, -0.05) is 13.8 Å². The second kappa shape index (κ2) is 10.5. The fourth-order valence-electron chi connectivity index (χ4n) is 5.59. The van der Waals surface area contributed by atoms with Crippen LogP contribution in [-0.2, 0) is 22.3 Å². The topological polar surface area (TPSA) is 50.0 Å². The van der Waals surface area contributed by atoms with Gasteiger partial charge in [0, 0.05) is 35.5 Å². The highest BCUT2D eigenvalue weighted by Gasteiger charge is 2.40. The zero-order chi connectivity index (χ0) is 25.4. The molecule has 0 spiro atoms. The largest absolute Gasteiger partial charge is 0.491 e. The van der Waals surface area contributed by atoms with Crippen LogP contribution < -0.4 is 19.3 Å². The molecule has 3 aliphatic rings. The summed E-state index contributed by atoms with van der Waals surface area (Å²) in [6, 6.07) is 14.8. The number of ether oxygens (including phenoxy) is 4. The zero-order valence-electron chi connectivity index (χ0n) is 22.7. The number of hydrogen-bond donors (Lipinski definition) is 0. The van der Waals surface area contributed by atoms with Crippen molar-refractivity contribution in [3.05, 3.63) is 47.5 Å². The Morgan fingerprint density at radius 2 is 1.03 bits per heavy atom. The molecule has 0 aliphatic carbocycles. The summed E-state index contributed by atoms with van der Waals surface area (Å²) in [4.78, 5) is 5.21. The van der Waals surface area contributed by atoms with Gasteiger partial charge in [-0.05, 0) is 88.1 Å². The lowest BCUT2D eigenvalue weighted by Gasteiger charge is -2.55. The molecular weight excluding hydrogens is 452 g/mol. The van der Waals surface area contributed by atoms with Crippen LogP contribution in [0.15, 0.2) is 36.4 Å². The smallest absolute Gasteiger partial charge is 0.122 e. The Bertz CT molecular complexity index is 952. The third kappa shape index (κ3) is 5.16. The van der Waals surface area contributed by atoms with E-state index in [9.17, 15) is 0 Å². The number of aryl methyl sites for hydroxylation is 2. The first-order valence-corrected chi connectivity index (χ1v) is 13.7. The van der Waals surface area contributed by atoms with Crippen molar-refractivity contribution < 1.29 is 18.9 Å². The van der Waals surface area contributed by atoms with E-state index in [1.54, 1.807) is 0 Å². The maximum Gasteiger partial charge on any atom is 0.122 e. The molecule has 196 valence electrons. The molecule has 2 aromatic carbocycles. The van der Waals surface area contributed by atoms with E-state index in [0.29, 0.717) is 37.4 Å². The van der Waals surface area contributed by atoms with E-state index in [1.807, 2.05) is 0 Å². The van der Waals surface area contributed by atoms with Crippen molar-refractivity contribution in [1.82, 2.24) is 0 Å². The monoisotopic (exact) mass is 494 g/mol. The van der Waals surface area contributed by atoms with Gasteiger partial charge in [0.1, 0.15) is 36.9 Å². The lowest BCUT2D eigenvalue weighted by atomic mass is 9.92. The summed E-state index contributed by atoms with van der Waals surface area (Å²) in [6.45, 7) is 16.7. The molecule has 0 aromatic heterocycles. The number of rotatable bonds is 10. The van der Waals surface area contributed by atoms with Crippen LogP contribution in [0.4, 0.5) is 11.4 Å². The number of benzene rings is 2. The van der Waals surface area contributed by atoms with Gasteiger partial charge in [-0.3, -0.25) is 0 Å². The molecule has 6 nitrogen and oxygen atoms in total. The van der Waals surface area contributed by atoms with E-state index in [4.69, 9.17) is 18.9 Å². The number of epoxide rings is 2. The summed E-state index contributed by atoms with van der Waals surface area (Å²) >= 11 is 0. The molecular formula is C30H42N2O4. The van der Waals surface area contributed by atoms with E-state index in [-0.39, 0.29) is 12.2 Å². The Balaban J connectivity index is 1.36. The van der Waals surface area contributed by atoms with E-state index >= 15 is 0 Å². The van der Waals surface area contributed by atoms with E-state index in [0.717, 1.165) is 37.6 Å². The van der Waals surface area contributed by atoms with Gasteiger partial charge < -0.3 is 28.7 Å². The minimum Gasteiger partial charge on any atom is -0.491 e. The first kappa shape index (κ1) is 25.2. The Morgan fingerprint density at radius 3 is 1.33 bits per heavy atom. The molecule has 0 amide bonds. The highest BCUT2D eigenvalue weighted by atomic mass is 16.6. The third-order valence-corrected chi connectivity index (χ3v) is 8.25. The van der Waals surface area contributed by atoms with Crippen molar-refractivity contribution in [2.75, 3.05) is 36.2 Å². The average Bonchev–Trinajstić information content (AvgIpc) is 3.81. The van der Waals surface area contributed by atoms with E-state index < -0.39 is 0 Å². The van der Waals surface area contributed by atoms with Crippen LogP contribution in [0.2, 0.25) is 0 Å². The number of piperazine rings is 1. The molecule has 0 bridgehead atoms. The highest BCUT2D eigenvalue weighted by Crippen LogP contribution is 2.38. The van der Waals surface area contributed by atoms with Crippen molar-refractivity contribution in [2.45, 2.75) is 90.8 Å². The first-order valence-electron chi connectivity index (χ1n) is 13.7. The number of nitrogens with zero attached hydrogens (tertiary/aromatic N) is 2. The molecule has 6 atom stereocenters. The summed E-state index contributed by atoms with van der Waals surface area (Å²) in [5, 5.41) is 0. The standard InChI is InChI=1S/C30H42N2O4/c1-7-23-13-25(9-11-29(23)35-17-27-15-33-27)31-19(3)21(5)32(22(6)20(31)4)26-10-12-30(24(8-2)14-26)36-18-28-16-34-28/h9-14,19-22,27-28H,7-8,15-18H2,1-6H3. The van der Waals surface area contributed by atoms with Crippen molar-refractivity contribution >= 4 is 11.4 Å². The van der Waals surface area contributed by atoms with Gasteiger partial charge in [0.2, 0.25) is 0 Å². The molecule has 3 heterocycles. The quantitative estimate of drug-likeness (QED) is 0.421. The molecule has 3 saturated heterocycles. The van der Waals surface area contributed by atoms with Crippen LogP contribution in [-0.4, -0.2) is 62.8 Å². The fraction of sp³-hybridized carbons (Fsp3) is 0.600. The molecule has 0 saturated carbocycles. The van der Waals surface area contributed by atoms with Gasteiger partial charge in [-0.15, -0.1) is 0 Å². The van der Waals surface area contributed by atoms with Gasteiger partial charge >= 0.3 is 0 Å². The lowest BCUT2D eigenvalue weighted by molar-refractivity contribution is 0.261. The molecule has 0 N–H and O–H groups in total. The van der Waals surface area contributed by atoms with Crippen molar-refractivity contribution in [3.63, 3.8) is 0 Å². The highest BCUT2D eigenvalue weighted by molar-refractivity contribution is 5.60. The third-order valence-electron chi connectivity index (χ3n) is 8.25. The maximum absolute atomic E-state index is 6.06. The second-order valence-electron chi connectivity index (χ2n) is 10.6. The Labute approximate surface area is 216 Å². The van der Waals surface area contributed by atoms with Crippen LogP contribution in [0.25, 0.3) is 0 Å². The predicted octanol–water partition coefficient (Wildman–Crippen LogP) is 5.25.